The van der Waals surface area contributed by atoms with E-state index in [9.17, 15) is 18.0 Å². The lowest BCUT2D eigenvalue weighted by Crippen LogP contribution is -2.16. The van der Waals surface area contributed by atoms with Gasteiger partial charge < -0.3 is 14.8 Å². The Labute approximate surface area is 162 Å². The van der Waals surface area contributed by atoms with Crippen LogP contribution in [0.2, 0.25) is 5.02 Å². The molecule has 1 aromatic heterocycles. The molecule has 0 aliphatic carbocycles. The molecule has 10 heteroatoms. The number of nitrogens with zero attached hydrogens (tertiary/aromatic N) is 1. The molecule has 0 unspecified atom stereocenters. The SMILES string of the molecule is O=C(CSc1ccc2c(c1)OCCCO2)Nc1ncc(C(F)(F)F)cc1Cl. The van der Waals surface area contributed by atoms with Gasteiger partial charge in [-0.25, -0.2) is 4.98 Å². The summed E-state index contributed by atoms with van der Waals surface area (Å²) in [6, 6.07) is 6.08. The first-order chi connectivity index (χ1) is 12.8. The maximum Gasteiger partial charge on any atom is 0.417 e. The largest absolute Gasteiger partial charge is 0.490 e. The van der Waals surface area contributed by atoms with Crippen molar-refractivity contribution in [3.05, 3.63) is 41.0 Å². The van der Waals surface area contributed by atoms with Gasteiger partial charge in [0, 0.05) is 17.5 Å². The molecule has 0 spiro atoms. The zero-order chi connectivity index (χ0) is 19.4. The molecule has 1 aliphatic rings. The molecule has 0 fully saturated rings. The average Bonchev–Trinajstić information content (AvgIpc) is 2.85. The highest BCUT2D eigenvalue weighted by Gasteiger charge is 2.31. The number of thioether (sulfide) groups is 1. The topological polar surface area (TPSA) is 60.5 Å². The average molecular weight is 419 g/mol. The van der Waals surface area contributed by atoms with Crippen LogP contribution in [-0.4, -0.2) is 29.9 Å². The van der Waals surface area contributed by atoms with Crippen LogP contribution in [0.5, 0.6) is 11.5 Å². The molecule has 1 N–H and O–H groups in total. The number of halogens is 4. The second-order valence-corrected chi connectivity index (χ2v) is 7.00. The van der Waals surface area contributed by atoms with Crippen molar-refractivity contribution in [1.82, 2.24) is 4.98 Å². The van der Waals surface area contributed by atoms with Crippen molar-refractivity contribution in [2.45, 2.75) is 17.5 Å². The number of pyridine rings is 1. The normalized spacial score (nSPS) is 13.8. The van der Waals surface area contributed by atoms with Crippen molar-refractivity contribution < 1.29 is 27.4 Å². The highest BCUT2D eigenvalue weighted by molar-refractivity contribution is 8.00. The number of anilines is 1. The number of alkyl halides is 3. The predicted molar refractivity (Wildman–Crippen MR) is 95.7 cm³/mol. The van der Waals surface area contributed by atoms with Gasteiger partial charge in [-0.2, -0.15) is 13.2 Å². The van der Waals surface area contributed by atoms with Crippen molar-refractivity contribution in [2.24, 2.45) is 0 Å². The molecule has 1 aromatic carbocycles. The Hall–Kier alpha value is -2.13. The molecule has 2 aromatic rings. The van der Waals surface area contributed by atoms with Crippen molar-refractivity contribution in [3.8, 4) is 11.5 Å². The van der Waals surface area contributed by atoms with Gasteiger partial charge in [0.15, 0.2) is 17.3 Å². The van der Waals surface area contributed by atoms with E-state index in [0.29, 0.717) is 30.9 Å². The van der Waals surface area contributed by atoms with E-state index in [-0.39, 0.29) is 16.6 Å². The maximum atomic E-state index is 12.6. The third-order valence-corrected chi connectivity index (χ3v) is 4.80. The van der Waals surface area contributed by atoms with Crippen molar-refractivity contribution in [1.29, 1.82) is 0 Å². The molecule has 0 radical (unpaired) electrons. The molecule has 0 saturated carbocycles. The van der Waals surface area contributed by atoms with E-state index in [1.165, 1.54) is 11.8 Å². The van der Waals surface area contributed by atoms with Crippen LogP contribution in [-0.2, 0) is 11.0 Å². The third kappa shape index (κ3) is 5.20. The number of benzene rings is 1. The standard InChI is InChI=1S/C17H14ClF3N2O3S/c18-12-6-10(17(19,20)21)8-22-16(12)23-15(24)9-27-11-2-3-13-14(7-11)26-5-1-4-25-13/h2-3,6-8H,1,4-5,9H2,(H,22,23,24). The van der Waals surface area contributed by atoms with E-state index in [4.69, 9.17) is 21.1 Å². The fourth-order valence-electron chi connectivity index (χ4n) is 2.24. The molecule has 1 amide bonds. The molecule has 144 valence electrons. The summed E-state index contributed by atoms with van der Waals surface area (Å²) >= 11 is 7.02. The van der Waals surface area contributed by atoms with E-state index in [0.717, 1.165) is 17.4 Å². The van der Waals surface area contributed by atoms with Crippen LogP contribution in [0, 0.1) is 0 Å². The van der Waals surface area contributed by atoms with Gasteiger partial charge in [0.25, 0.3) is 0 Å². The second kappa shape index (κ2) is 8.26. The Morgan fingerprint density at radius 3 is 2.67 bits per heavy atom. The zero-order valence-electron chi connectivity index (χ0n) is 13.8. The number of carbonyl (C=O) groups excluding carboxylic acids is 1. The Kier molecular flexibility index (Phi) is 6.01. The smallest absolute Gasteiger partial charge is 0.417 e. The molecular weight excluding hydrogens is 405 g/mol. The first-order valence-electron chi connectivity index (χ1n) is 7.88. The minimum Gasteiger partial charge on any atom is -0.490 e. The minimum atomic E-state index is -4.55. The number of aromatic nitrogens is 1. The van der Waals surface area contributed by atoms with Gasteiger partial charge >= 0.3 is 6.18 Å². The third-order valence-electron chi connectivity index (χ3n) is 3.52. The van der Waals surface area contributed by atoms with Gasteiger partial charge in [0.1, 0.15) is 0 Å². The number of nitrogens with one attached hydrogen (secondary N) is 1. The molecule has 1 aliphatic heterocycles. The number of fused-ring (bicyclic) bond motifs is 1. The number of rotatable bonds is 4. The lowest BCUT2D eigenvalue weighted by Gasteiger charge is -2.11. The summed E-state index contributed by atoms with van der Waals surface area (Å²) in [5.74, 6) is 0.737. The van der Waals surface area contributed by atoms with Gasteiger partial charge in [-0.1, -0.05) is 11.6 Å². The fourth-order valence-corrected chi connectivity index (χ4v) is 3.17. The number of amides is 1. The van der Waals surface area contributed by atoms with Crippen LogP contribution in [0.4, 0.5) is 19.0 Å². The first kappa shape index (κ1) is 19.6. The fraction of sp³-hybridized carbons (Fsp3) is 0.294. The second-order valence-electron chi connectivity index (χ2n) is 5.55. The molecule has 0 bridgehead atoms. The molecule has 0 atom stereocenters. The lowest BCUT2D eigenvalue weighted by molar-refractivity contribution is -0.137. The Morgan fingerprint density at radius 1 is 1.22 bits per heavy atom. The Morgan fingerprint density at radius 2 is 1.96 bits per heavy atom. The highest BCUT2D eigenvalue weighted by Crippen LogP contribution is 2.34. The van der Waals surface area contributed by atoms with Gasteiger partial charge in [-0.3, -0.25) is 4.79 Å². The molecular formula is C17H14ClF3N2O3S. The van der Waals surface area contributed by atoms with Crippen LogP contribution in [0.15, 0.2) is 35.4 Å². The molecule has 2 heterocycles. The predicted octanol–water partition coefficient (Wildman–Crippen LogP) is 4.65. The summed E-state index contributed by atoms with van der Waals surface area (Å²) in [5.41, 5.74) is -0.980. The first-order valence-corrected chi connectivity index (χ1v) is 9.24. The van der Waals surface area contributed by atoms with E-state index in [1.807, 2.05) is 0 Å². The van der Waals surface area contributed by atoms with Crippen LogP contribution in [0.1, 0.15) is 12.0 Å². The summed E-state index contributed by atoms with van der Waals surface area (Å²) < 4.78 is 48.9. The summed E-state index contributed by atoms with van der Waals surface area (Å²) in [5, 5.41) is 2.13. The molecule has 0 saturated heterocycles. The number of hydrogen-bond donors (Lipinski definition) is 1. The van der Waals surface area contributed by atoms with Crippen molar-refractivity contribution in [3.63, 3.8) is 0 Å². The van der Waals surface area contributed by atoms with Crippen molar-refractivity contribution >= 4 is 35.1 Å². The number of carbonyl (C=O) groups is 1. The monoisotopic (exact) mass is 418 g/mol. The van der Waals surface area contributed by atoms with Gasteiger partial charge in [-0.15, -0.1) is 11.8 Å². The Bertz CT molecular complexity index is 849. The van der Waals surface area contributed by atoms with E-state index in [1.54, 1.807) is 18.2 Å². The van der Waals surface area contributed by atoms with Crippen LogP contribution >= 0.6 is 23.4 Å². The van der Waals surface area contributed by atoms with Gasteiger partial charge in [0.05, 0.1) is 29.6 Å². The van der Waals surface area contributed by atoms with Gasteiger partial charge in [0.2, 0.25) is 5.91 Å². The quantitative estimate of drug-likeness (QED) is 0.732. The van der Waals surface area contributed by atoms with Crippen LogP contribution in [0.25, 0.3) is 0 Å². The Balaban J connectivity index is 1.59. The van der Waals surface area contributed by atoms with Gasteiger partial charge in [-0.05, 0) is 24.3 Å². The zero-order valence-corrected chi connectivity index (χ0v) is 15.4. The summed E-state index contributed by atoms with van der Waals surface area (Å²) in [4.78, 5) is 16.4. The molecule has 5 nitrogen and oxygen atoms in total. The van der Waals surface area contributed by atoms with Crippen molar-refractivity contribution in [2.75, 3.05) is 24.3 Å². The van der Waals surface area contributed by atoms with E-state index in [2.05, 4.69) is 10.3 Å². The lowest BCUT2D eigenvalue weighted by atomic mass is 10.3. The number of hydrogen-bond acceptors (Lipinski definition) is 5. The van der Waals surface area contributed by atoms with Crippen LogP contribution < -0.4 is 14.8 Å². The molecule has 27 heavy (non-hydrogen) atoms. The number of ether oxygens (including phenoxy) is 2. The summed E-state index contributed by atoms with van der Waals surface area (Å²) in [6.45, 7) is 1.14. The van der Waals surface area contributed by atoms with E-state index < -0.39 is 17.6 Å². The molecule has 3 rings (SSSR count). The van der Waals surface area contributed by atoms with E-state index >= 15 is 0 Å². The summed E-state index contributed by atoms with van der Waals surface area (Å²) in [6.07, 6.45) is -3.13. The summed E-state index contributed by atoms with van der Waals surface area (Å²) in [7, 11) is 0. The van der Waals surface area contributed by atoms with Crippen LogP contribution in [0.3, 0.4) is 0 Å². The highest BCUT2D eigenvalue weighted by atomic mass is 35.5. The minimum absolute atomic E-state index is 0.0265. The maximum absolute atomic E-state index is 12.6.